The number of carbonyl (C=O) groups is 1. The lowest BCUT2D eigenvalue weighted by Crippen LogP contribution is -2.19. The van der Waals surface area contributed by atoms with E-state index in [1.807, 2.05) is 56.3 Å². The summed E-state index contributed by atoms with van der Waals surface area (Å²) in [6.07, 6.45) is 3.39. The van der Waals surface area contributed by atoms with Crippen LogP contribution in [0.2, 0.25) is 0 Å². The lowest BCUT2D eigenvalue weighted by molar-refractivity contribution is -0.108. The molecule has 0 aromatic heterocycles. The van der Waals surface area contributed by atoms with Gasteiger partial charge in [0.15, 0.2) is 0 Å². The van der Waals surface area contributed by atoms with Gasteiger partial charge in [-0.1, -0.05) is 48.0 Å². The van der Waals surface area contributed by atoms with Crippen molar-refractivity contribution >= 4 is 23.3 Å². The molecule has 1 N–H and O–H groups in total. The van der Waals surface area contributed by atoms with Crippen molar-refractivity contribution in [3.63, 3.8) is 0 Å². The van der Waals surface area contributed by atoms with Gasteiger partial charge in [-0.2, -0.15) is 5.10 Å². The molecule has 0 unspecified atom stereocenters. The number of benzene rings is 2. The molecule has 1 aliphatic rings. The highest BCUT2D eigenvalue weighted by Crippen LogP contribution is 2.20. The van der Waals surface area contributed by atoms with Gasteiger partial charge >= 0.3 is 0 Å². The maximum Gasteiger partial charge on any atom is 0.206 e. The number of hydrazone groups is 1. The fourth-order valence-electron chi connectivity index (χ4n) is 2.41. The smallest absolute Gasteiger partial charge is 0.206 e. The van der Waals surface area contributed by atoms with Crippen molar-refractivity contribution in [3.05, 3.63) is 70.8 Å². The van der Waals surface area contributed by atoms with E-state index in [2.05, 4.69) is 16.6 Å². The Labute approximate surface area is 124 Å². The van der Waals surface area contributed by atoms with Crippen LogP contribution < -0.4 is 5.43 Å². The number of carbonyl (C=O) groups excluding carboxylic acids is 1. The van der Waals surface area contributed by atoms with Crippen LogP contribution in [-0.2, 0) is 4.79 Å². The molecule has 2 aromatic carbocycles. The van der Waals surface area contributed by atoms with Crippen molar-refractivity contribution in [1.82, 2.24) is 0 Å². The second kappa shape index (κ2) is 5.37. The number of nitrogens with zero attached hydrogens (tertiary/aromatic N) is 1. The summed E-state index contributed by atoms with van der Waals surface area (Å²) < 4.78 is 0. The van der Waals surface area contributed by atoms with Gasteiger partial charge in [0.1, 0.15) is 5.71 Å². The molecule has 0 amide bonds. The fraction of sp³-hybridized carbons (Fsp3) is 0.111. The lowest BCUT2D eigenvalue weighted by atomic mass is 9.95. The lowest BCUT2D eigenvalue weighted by Gasteiger charge is -2.13. The average molecular weight is 276 g/mol. The van der Waals surface area contributed by atoms with Crippen molar-refractivity contribution in [2.75, 3.05) is 5.43 Å². The molecular weight excluding hydrogens is 260 g/mol. The van der Waals surface area contributed by atoms with Crippen molar-refractivity contribution in [2.24, 2.45) is 5.10 Å². The van der Waals surface area contributed by atoms with E-state index in [1.54, 1.807) is 6.08 Å². The van der Waals surface area contributed by atoms with Crippen LogP contribution in [0.3, 0.4) is 0 Å². The minimum Gasteiger partial charge on any atom is -0.287 e. The highest BCUT2D eigenvalue weighted by atomic mass is 16.1. The fourth-order valence-corrected chi connectivity index (χ4v) is 2.41. The van der Waals surface area contributed by atoms with Crippen LogP contribution >= 0.6 is 0 Å². The predicted octanol–water partition coefficient (Wildman–Crippen LogP) is 3.72. The maximum absolute atomic E-state index is 12.1. The maximum atomic E-state index is 12.1. The summed E-state index contributed by atoms with van der Waals surface area (Å²) in [5.41, 5.74) is 8.56. The summed E-state index contributed by atoms with van der Waals surface area (Å²) in [6, 6.07) is 13.8. The van der Waals surface area contributed by atoms with Crippen molar-refractivity contribution < 1.29 is 4.79 Å². The van der Waals surface area contributed by atoms with Crippen LogP contribution in [0.1, 0.15) is 22.3 Å². The van der Waals surface area contributed by atoms with Crippen LogP contribution in [0.25, 0.3) is 6.08 Å². The first kappa shape index (κ1) is 13.3. The third kappa shape index (κ3) is 2.63. The highest BCUT2D eigenvalue weighted by molar-refractivity contribution is 6.52. The molecule has 0 spiro atoms. The first-order chi connectivity index (χ1) is 10.1. The van der Waals surface area contributed by atoms with E-state index >= 15 is 0 Å². The number of aryl methyl sites for hydroxylation is 2. The van der Waals surface area contributed by atoms with Gasteiger partial charge in [-0.15, -0.1) is 0 Å². The Balaban J connectivity index is 1.96. The monoisotopic (exact) mass is 276 g/mol. The minimum atomic E-state index is -0.0778. The molecule has 0 atom stereocenters. The third-order valence-corrected chi connectivity index (χ3v) is 3.53. The number of ketones is 1. The Kier molecular flexibility index (Phi) is 3.40. The number of hydrogen-bond donors (Lipinski definition) is 1. The van der Waals surface area contributed by atoms with E-state index in [9.17, 15) is 4.79 Å². The molecule has 3 rings (SSSR count). The van der Waals surface area contributed by atoms with Crippen molar-refractivity contribution in [3.8, 4) is 0 Å². The number of hydrogen-bond acceptors (Lipinski definition) is 3. The van der Waals surface area contributed by atoms with E-state index in [0.29, 0.717) is 5.71 Å². The molecule has 0 heterocycles. The van der Waals surface area contributed by atoms with Crippen LogP contribution in [0, 0.1) is 13.8 Å². The zero-order valence-electron chi connectivity index (χ0n) is 12.1. The molecular formula is C18H16N2O. The Morgan fingerprint density at radius 3 is 2.62 bits per heavy atom. The molecule has 1 aliphatic carbocycles. The average Bonchev–Trinajstić information content (AvgIpc) is 2.48. The van der Waals surface area contributed by atoms with Gasteiger partial charge in [-0.3, -0.25) is 10.2 Å². The first-order valence-corrected chi connectivity index (χ1v) is 6.88. The number of fused-ring (bicyclic) bond motifs is 1. The van der Waals surface area contributed by atoms with Gasteiger partial charge in [-0.25, -0.2) is 0 Å². The zero-order valence-corrected chi connectivity index (χ0v) is 12.1. The van der Waals surface area contributed by atoms with Gasteiger partial charge in [0.05, 0.1) is 5.69 Å². The summed E-state index contributed by atoms with van der Waals surface area (Å²) in [6.45, 7) is 4.07. The van der Waals surface area contributed by atoms with E-state index < -0.39 is 0 Å². The second-order valence-electron chi connectivity index (χ2n) is 5.18. The third-order valence-electron chi connectivity index (χ3n) is 3.53. The van der Waals surface area contributed by atoms with Crippen LogP contribution in [0.5, 0.6) is 0 Å². The van der Waals surface area contributed by atoms with Gasteiger partial charge < -0.3 is 0 Å². The molecule has 0 saturated heterocycles. The van der Waals surface area contributed by atoms with E-state index in [1.165, 1.54) is 5.56 Å². The molecule has 0 saturated carbocycles. The molecule has 0 aliphatic heterocycles. The quantitative estimate of drug-likeness (QED) is 0.849. The van der Waals surface area contributed by atoms with Crippen LogP contribution in [0.15, 0.2) is 53.6 Å². The highest BCUT2D eigenvalue weighted by Gasteiger charge is 2.18. The van der Waals surface area contributed by atoms with Gasteiger partial charge in [0, 0.05) is 5.56 Å². The molecule has 2 aromatic rings. The van der Waals surface area contributed by atoms with E-state index in [4.69, 9.17) is 0 Å². The van der Waals surface area contributed by atoms with Crippen LogP contribution in [-0.4, -0.2) is 11.5 Å². The van der Waals surface area contributed by atoms with Crippen molar-refractivity contribution in [2.45, 2.75) is 13.8 Å². The van der Waals surface area contributed by atoms with Crippen molar-refractivity contribution in [1.29, 1.82) is 0 Å². The SMILES string of the molecule is Cc1ccc(NN=C2C(=O)C=Cc3ccccc32)c(C)c1. The van der Waals surface area contributed by atoms with E-state index in [0.717, 1.165) is 22.4 Å². The van der Waals surface area contributed by atoms with E-state index in [-0.39, 0.29) is 5.78 Å². The summed E-state index contributed by atoms with van der Waals surface area (Å²) in [7, 11) is 0. The number of nitrogens with one attached hydrogen (secondary N) is 1. The topological polar surface area (TPSA) is 41.5 Å². The molecule has 104 valence electrons. The minimum absolute atomic E-state index is 0.0778. The summed E-state index contributed by atoms with van der Waals surface area (Å²) in [5.74, 6) is -0.0778. The second-order valence-corrected chi connectivity index (χ2v) is 5.18. The van der Waals surface area contributed by atoms with Gasteiger partial charge in [0.25, 0.3) is 0 Å². The zero-order chi connectivity index (χ0) is 14.8. The molecule has 3 heteroatoms. The molecule has 0 bridgehead atoms. The molecule has 21 heavy (non-hydrogen) atoms. The summed E-state index contributed by atoms with van der Waals surface area (Å²) in [5, 5.41) is 4.33. The van der Waals surface area contributed by atoms with Crippen LogP contribution in [0.4, 0.5) is 5.69 Å². The van der Waals surface area contributed by atoms with Gasteiger partial charge in [0.2, 0.25) is 5.78 Å². The largest absolute Gasteiger partial charge is 0.287 e. The molecule has 0 fully saturated rings. The predicted molar refractivity (Wildman–Crippen MR) is 86.6 cm³/mol. The number of rotatable bonds is 2. The molecule has 3 nitrogen and oxygen atoms in total. The standard InChI is InChI=1S/C18H16N2O/c1-12-7-9-16(13(2)11-12)19-20-18-15-6-4-3-5-14(15)8-10-17(18)21/h3-11,19H,1-2H3. The number of anilines is 1. The Morgan fingerprint density at radius 1 is 1.00 bits per heavy atom. The number of allylic oxidation sites excluding steroid dienone is 1. The normalized spacial score (nSPS) is 15.1. The summed E-state index contributed by atoms with van der Waals surface area (Å²) in [4.78, 5) is 12.1. The Bertz CT molecular complexity index is 773. The summed E-state index contributed by atoms with van der Waals surface area (Å²) >= 11 is 0. The Hall–Kier alpha value is -2.68. The molecule has 0 radical (unpaired) electrons. The first-order valence-electron chi connectivity index (χ1n) is 6.88. The Morgan fingerprint density at radius 2 is 1.81 bits per heavy atom. The van der Waals surface area contributed by atoms with Gasteiger partial charge in [-0.05, 0) is 37.1 Å².